The Kier molecular flexibility index (Phi) is 7.23. The lowest BCUT2D eigenvalue weighted by Gasteiger charge is -2.35. The molecule has 2 heterocycles. The highest BCUT2D eigenvalue weighted by Crippen LogP contribution is 2.31. The lowest BCUT2D eigenvalue weighted by atomic mass is 10.0. The number of nitrogens with zero attached hydrogens (tertiary/aromatic N) is 5. The lowest BCUT2D eigenvalue weighted by molar-refractivity contribution is -0.138. The molecule has 1 aliphatic carbocycles. The first-order valence-corrected chi connectivity index (χ1v) is 10.5. The minimum absolute atomic E-state index is 0.0131. The van der Waals surface area contributed by atoms with E-state index in [1.165, 1.54) is 0 Å². The van der Waals surface area contributed by atoms with Crippen LogP contribution in [-0.4, -0.2) is 80.6 Å². The van der Waals surface area contributed by atoms with E-state index in [0.29, 0.717) is 39.1 Å². The molecule has 0 radical (unpaired) electrons. The van der Waals surface area contributed by atoms with Crippen molar-refractivity contribution < 1.29 is 19.4 Å². The molecule has 2 amide bonds. The zero-order valence-corrected chi connectivity index (χ0v) is 17.7. The number of amides is 2. The molecule has 2 bridgehead atoms. The Morgan fingerprint density at radius 2 is 2.21 bits per heavy atom. The second kappa shape index (κ2) is 9.67. The Hall–Kier alpha value is -2.00. The van der Waals surface area contributed by atoms with E-state index in [4.69, 9.17) is 4.74 Å². The van der Waals surface area contributed by atoms with Crippen LogP contribution in [0.25, 0.3) is 0 Å². The molecule has 9 heteroatoms. The zero-order valence-electron chi connectivity index (χ0n) is 17.7. The number of carbonyl (C=O) groups excluding carboxylic acids is 2. The fourth-order valence-corrected chi connectivity index (χ4v) is 3.69. The number of aryl methyl sites for hydroxylation is 1. The van der Waals surface area contributed by atoms with Crippen LogP contribution >= 0.6 is 0 Å². The highest BCUT2D eigenvalue weighted by molar-refractivity contribution is 5.80. The molecule has 3 rings (SSSR count). The molecule has 9 nitrogen and oxygen atoms in total. The van der Waals surface area contributed by atoms with Crippen LogP contribution in [-0.2, 0) is 27.5 Å². The smallest absolute Gasteiger partial charge is 0.225 e. The van der Waals surface area contributed by atoms with E-state index in [9.17, 15) is 14.7 Å². The van der Waals surface area contributed by atoms with Gasteiger partial charge in [-0.05, 0) is 26.2 Å². The van der Waals surface area contributed by atoms with Crippen molar-refractivity contribution in [3.63, 3.8) is 0 Å². The van der Waals surface area contributed by atoms with Gasteiger partial charge < -0.3 is 19.6 Å². The highest BCUT2D eigenvalue weighted by atomic mass is 16.5. The van der Waals surface area contributed by atoms with Crippen LogP contribution in [0.3, 0.4) is 0 Å². The number of aliphatic hydroxyl groups excluding tert-OH is 1. The van der Waals surface area contributed by atoms with E-state index < -0.39 is 0 Å². The number of ether oxygens (including phenoxy) is 1. The van der Waals surface area contributed by atoms with Crippen LogP contribution in [0.5, 0.6) is 0 Å². The molecule has 0 spiro atoms. The predicted octanol–water partition coefficient (Wildman–Crippen LogP) is 0.671. The Morgan fingerprint density at radius 3 is 2.90 bits per heavy atom. The first kappa shape index (κ1) is 21.7. The van der Waals surface area contributed by atoms with Gasteiger partial charge in [-0.1, -0.05) is 12.1 Å². The topological polar surface area (TPSA) is 101 Å². The van der Waals surface area contributed by atoms with Gasteiger partial charge in [0.05, 0.1) is 31.6 Å². The maximum atomic E-state index is 12.8. The summed E-state index contributed by atoms with van der Waals surface area (Å²) in [6.45, 7) is 5.64. The van der Waals surface area contributed by atoms with Crippen molar-refractivity contribution in [2.75, 3.05) is 26.7 Å². The number of hydrogen-bond donors (Lipinski definition) is 1. The Morgan fingerprint density at radius 1 is 1.45 bits per heavy atom. The van der Waals surface area contributed by atoms with Crippen molar-refractivity contribution in [1.82, 2.24) is 24.8 Å². The zero-order chi connectivity index (χ0) is 21.0. The maximum absolute atomic E-state index is 12.8. The number of aromatic nitrogens is 3. The highest BCUT2D eigenvalue weighted by Gasteiger charge is 2.34. The van der Waals surface area contributed by atoms with Crippen molar-refractivity contribution >= 4 is 11.8 Å². The third-order valence-corrected chi connectivity index (χ3v) is 5.80. The summed E-state index contributed by atoms with van der Waals surface area (Å²) in [6.07, 6.45) is 4.56. The molecule has 1 aromatic rings. The molecule has 1 N–H and O–H groups in total. The molecular weight excluding hydrogens is 374 g/mol. The van der Waals surface area contributed by atoms with Gasteiger partial charge in [0.15, 0.2) is 0 Å². The van der Waals surface area contributed by atoms with Crippen molar-refractivity contribution in [1.29, 1.82) is 0 Å². The first-order valence-electron chi connectivity index (χ1n) is 10.5. The van der Waals surface area contributed by atoms with E-state index in [0.717, 1.165) is 18.5 Å². The maximum Gasteiger partial charge on any atom is 0.225 e. The fourth-order valence-electron chi connectivity index (χ4n) is 3.69. The van der Waals surface area contributed by atoms with E-state index in [1.54, 1.807) is 14.5 Å². The fraction of sp³-hybridized carbons (Fsp3) is 0.800. The van der Waals surface area contributed by atoms with Crippen molar-refractivity contribution in [2.24, 2.45) is 11.8 Å². The molecule has 162 valence electrons. The van der Waals surface area contributed by atoms with Crippen LogP contribution in [0.15, 0.2) is 6.20 Å². The molecular formula is C20H33N5O4. The van der Waals surface area contributed by atoms with Gasteiger partial charge in [-0.25, -0.2) is 0 Å². The molecule has 0 unspecified atom stereocenters. The largest absolute Gasteiger partial charge is 0.394 e. The average Bonchev–Trinajstić information content (AvgIpc) is 3.46. The Labute approximate surface area is 172 Å². The Bertz CT molecular complexity index is 705. The summed E-state index contributed by atoms with van der Waals surface area (Å²) >= 11 is 0. The first-order chi connectivity index (χ1) is 13.9. The quantitative estimate of drug-likeness (QED) is 0.770. The molecule has 2 aliphatic rings. The van der Waals surface area contributed by atoms with Gasteiger partial charge in [0.25, 0.3) is 0 Å². The second-order valence-corrected chi connectivity index (χ2v) is 8.47. The molecule has 0 aromatic carbocycles. The Balaban J connectivity index is 1.77. The summed E-state index contributed by atoms with van der Waals surface area (Å²) in [5, 5.41) is 17.9. The molecule has 29 heavy (non-hydrogen) atoms. The van der Waals surface area contributed by atoms with E-state index in [2.05, 4.69) is 10.3 Å². The molecule has 1 aliphatic heterocycles. The molecule has 1 aromatic heterocycles. The number of carbonyl (C=O) groups is 2. The van der Waals surface area contributed by atoms with Crippen LogP contribution in [0.4, 0.5) is 0 Å². The van der Waals surface area contributed by atoms with Crippen molar-refractivity contribution in [2.45, 2.75) is 64.8 Å². The minimum Gasteiger partial charge on any atom is -0.394 e. The third kappa shape index (κ3) is 5.76. The minimum atomic E-state index is -0.265. The van der Waals surface area contributed by atoms with E-state index in [-0.39, 0.29) is 42.4 Å². The van der Waals surface area contributed by atoms with Gasteiger partial charge >= 0.3 is 0 Å². The average molecular weight is 408 g/mol. The normalized spacial score (nSPS) is 25.0. The lowest BCUT2D eigenvalue weighted by Crippen LogP contribution is -2.47. The number of likely N-dealkylation sites (N-methyl/N-ethyl adjacent to an activating group) is 1. The number of aliphatic hydroxyl groups is 1. The standard InChI is InChI=1S/C20H33N5O4/c1-14-9-25(15(2)12-26)19(27)5-4-8-24-10-17(21-22-24)13-29-18(14)11-23(3)20(28)16-6-7-16/h10,14-16,18,26H,4-9,11-13H2,1-3H3/t14-,15+,18+/m1/s1. The third-order valence-electron chi connectivity index (χ3n) is 5.80. The van der Waals surface area contributed by atoms with E-state index in [1.807, 2.05) is 27.1 Å². The second-order valence-electron chi connectivity index (χ2n) is 8.47. The van der Waals surface area contributed by atoms with Gasteiger partial charge in [0, 0.05) is 44.9 Å². The SMILES string of the molecule is C[C@@H]1CN([C@@H](C)CO)C(=O)CCCn2cc(nn2)CO[C@H]1CN(C)C(=O)C1CC1. The van der Waals surface area contributed by atoms with Crippen molar-refractivity contribution in [3.05, 3.63) is 11.9 Å². The van der Waals surface area contributed by atoms with E-state index >= 15 is 0 Å². The van der Waals surface area contributed by atoms with Crippen LogP contribution < -0.4 is 0 Å². The van der Waals surface area contributed by atoms with Gasteiger partial charge in [-0.3, -0.25) is 14.3 Å². The van der Waals surface area contributed by atoms with Gasteiger partial charge in [0.1, 0.15) is 5.69 Å². The van der Waals surface area contributed by atoms with Crippen LogP contribution in [0.2, 0.25) is 0 Å². The number of rotatable bonds is 5. The summed E-state index contributed by atoms with van der Waals surface area (Å²) in [5.41, 5.74) is 0.740. The molecule has 3 atom stereocenters. The van der Waals surface area contributed by atoms with Crippen LogP contribution in [0.1, 0.15) is 45.2 Å². The van der Waals surface area contributed by atoms with Gasteiger partial charge in [-0.15, -0.1) is 5.10 Å². The summed E-state index contributed by atoms with van der Waals surface area (Å²) in [7, 11) is 1.81. The summed E-state index contributed by atoms with van der Waals surface area (Å²) in [6, 6.07) is -0.265. The van der Waals surface area contributed by atoms with Gasteiger partial charge in [-0.2, -0.15) is 0 Å². The predicted molar refractivity (Wildman–Crippen MR) is 106 cm³/mol. The summed E-state index contributed by atoms with van der Waals surface area (Å²) < 4.78 is 7.90. The van der Waals surface area contributed by atoms with Gasteiger partial charge in [0.2, 0.25) is 11.8 Å². The van der Waals surface area contributed by atoms with Crippen molar-refractivity contribution in [3.8, 4) is 0 Å². The number of hydrogen-bond acceptors (Lipinski definition) is 6. The van der Waals surface area contributed by atoms with Crippen LogP contribution in [0, 0.1) is 11.8 Å². The summed E-state index contributed by atoms with van der Waals surface area (Å²) in [4.78, 5) is 28.7. The molecule has 1 saturated carbocycles. The molecule has 1 fully saturated rings. The molecule has 0 saturated heterocycles. The summed E-state index contributed by atoms with van der Waals surface area (Å²) in [5.74, 6) is 0.307. The monoisotopic (exact) mass is 407 g/mol. The number of fused-ring (bicyclic) bond motifs is 2.